The Labute approximate surface area is 129 Å². The lowest BCUT2D eigenvalue weighted by Crippen LogP contribution is -2.42. The maximum absolute atomic E-state index is 3.62. The second-order valence-electron chi connectivity index (χ2n) is 5.67. The van der Waals surface area contributed by atoms with Crippen molar-refractivity contribution in [3.8, 4) is 0 Å². The van der Waals surface area contributed by atoms with E-state index in [9.17, 15) is 0 Å². The molecule has 104 valence electrons. The highest BCUT2D eigenvalue weighted by molar-refractivity contribution is 9.09. The largest absolute Gasteiger partial charge is 0.300 e. The third kappa shape index (κ3) is 3.20. The number of likely N-dealkylation sites (tertiary alicyclic amines) is 1. The molecule has 3 heteroatoms. The molecule has 2 atom stereocenters. The highest BCUT2D eigenvalue weighted by Gasteiger charge is 2.28. The second kappa shape index (κ2) is 6.64. The number of thioether (sulfide) groups is 1. The van der Waals surface area contributed by atoms with Crippen molar-refractivity contribution in [2.24, 2.45) is 0 Å². The van der Waals surface area contributed by atoms with E-state index in [1.165, 1.54) is 49.4 Å². The fourth-order valence-corrected chi connectivity index (χ4v) is 5.19. The van der Waals surface area contributed by atoms with Crippen LogP contribution >= 0.6 is 27.7 Å². The van der Waals surface area contributed by atoms with Crippen molar-refractivity contribution < 1.29 is 0 Å². The molecule has 1 aromatic rings. The zero-order valence-corrected chi connectivity index (χ0v) is 13.8. The van der Waals surface area contributed by atoms with Crippen LogP contribution in [0.25, 0.3) is 0 Å². The van der Waals surface area contributed by atoms with Crippen LogP contribution in [0.1, 0.15) is 37.2 Å². The lowest BCUT2D eigenvalue weighted by Gasteiger charge is -2.37. The van der Waals surface area contributed by atoms with Crippen molar-refractivity contribution >= 4 is 27.7 Å². The lowest BCUT2D eigenvalue weighted by atomic mass is 9.95. The van der Waals surface area contributed by atoms with Crippen LogP contribution < -0.4 is 0 Å². The van der Waals surface area contributed by atoms with Crippen molar-refractivity contribution in [3.05, 3.63) is 29.8 Å². The van der Waals surface area contributed by atoms with Gasteiger partial charge in [0.2, 0.25) is 0 Å². The van der Waals surface area contributed by atoms with Gasteiger partial charge in [0.25, 0.3) is 0 Å². The van der Waals surface area contributed by atoms with Gasteiger partial charge in [0, 0.05) is 34.5 Å². The Morgan fingerprint density at radius 2 is 2.16 bits per heavy atom. The molecule has 1 saturated heterocycles. The van der Waals surface area contributed by atoms with Gasteiger partial charge in [-0.3, -0.25) is 4.90 Å². The number of benzene rings is 1. The molecule has 1 nitrogen and oxygen atoms in total. The highest BCUT2D eigenvalue weighted by Crippen LogP contribution is 2.40. The topological polar surface area (TPSA) is 3.24 Å². The molecule has 0 saturated carbocycles. The minimum absolute atomic E-state index is 0.747. The smallest absolute Gasteiger partial charge is 0.0108 e. The summed E-state index contributed by atoms with van der Waals surface area (Å²) in [5.74, 6) is 2.02. The first-order valence-electron chi connectivity index (χ1n) is 7.40. The molecule has 1 fully saturated rings. The third-order valence-electron chi connectivity index (χ3n) is 4.45. The minimum Gasteiger partial charge on any atom is -0.300 e. The summed E-state index contributed by atoms with van der Waals surface area (Å²) in [5, 5.41) is 1.14. The van der Waals surface area contributed by atoms with Crippen LogP contribution in [0.15, 0.2) is 29.2 Å². The van der Waals surface area contributed by atoms with E-state index in [2.05, 4.69) is 45.1 Å². The fourth-order valence-electron chi connectivity index (χ4n) is 3.42. The quantitative estimate of drug-likeness (QED) is 0.742. The molecule has 2 aliphatic heterocycles. The van der Waals surface area contributed by atoms with Crippen molar-refractivity contribution in [1.29, 1.82) is 0 Å². The molecule has 3 rings (SSSR count). The third-order valence-corrected chi connectivity index (χ3v) is 6.15. The molecular formula is C16H22BrNS. The Morgan fingerprint density at radius 1 is 1.26 bits per heavy atom. The van der Waals surface area contributed by atoms with Gasteiger partial charge in [0.15, 0.2) is 0 Å². The Hall–Kier alpha value is 0.0100. The maximum Gasteiger partial charge on any atom is 0.0108 e. The number of fused-ring (bicyclic) bond motifs is 1. The van der Waals surface area contributed by atoms with Gasteiger partial charge >= 0.3 is 0 Å². The minimum atomic E-state index is 0.747. The number of halogens is 1. The summed E-state index contributed by atoms with van der Waals surface area (Å²) < 4.78 is 0. The summed E-state index contributed by atoms with van der Waals surface area (Å²) in [4.78, 5) is 4.28. The number of nitrogens with zero attached hydrogens (tertiary/aromatic N) is 1. The predicted octanol–water partition coefficient (Wildman–Crippen LogP) is 4.52. The molecule has 0 aliphatic carbocycles. The standard InChI is InChI=1S/C16H22BrNS/c17-9-8-14-5-3-4-10-18(14)11-13-12-19-16-7-2-1-6-15(13)16/h1-2,6-7,13-14H,3-5,8-12H2. The van der Waals surface area contributed by atoms with E-state index in [1.807, 2.05) is 11.8 Å². The van der Waals surface area contributed by atoms with Gasteiger partial charge < -0.3 is 0 Å². The molecule has 1 aromatic carbocycles. The van der Waals surface area contributed by atoms with Crippen molar-refractivity contribution in [2.75, 3.05) is 24.2 Å². The van der Waals surface area contributed by atoms with Gasteiger partial charge in [-0.1, -0.05) is 40.5 Å². The Balaban J connectivity index is 1.67. The summed E-state index contributed by atoms with van der Waals surface area (Å²) in [6, 6.07) is 9.80. The summed E-state index contributed by atoms with van der Waals surface area (Å²) in [5.41, 5.74) is 1.59. The Morgan fingerprint density at radius 3 is 3.05 bits per heavy atom. The highest BCUT2D eigenvalue weighted by atomic mass is 79.9. The fraction of sp³-hybridized carbons (Fsp3) is 0.625. The normalized spacial score (nSPS) is 27.4. The van der Waals surface area contributed by atoms with Crippen LogP contribution in [0.3, 0.4) is 0 Å². The summed E-state index contributed by atoms with van der Waals surface area (Å²) >= 11 is 5.66. The molecule has 2 aliphatic rings. The average molecular weight is 340 g/mol. The Kier molecular flexibility index (Phi) is 4.88. The van der Waals surface area contributed by atoms with Crippen molar-refractivity contribution in [1.82, 2.24) is 4.90 Å². The van der Waals surface area contributed by atoms with Crippen molar-refractivity contribution in [2.45, 2.75) is 42.5 Å². The van der Waals surface area contributed by atoms with Crippen molar-refractivity contribution in [3.63, 3.8) is 0 Å². The van der Waals surface area contributed by atoms with E-state index in [1.54, 1.807) is 5.56 Å². The molecule has 0 radical (unpaired) electrons. The van der Waals surface area contributed by atoms with E-state index < -0.39 is 0 Å². The van der Waals surface area contributed by atoms with E-state index >= 15 is 0 Å². The van der Waals surface area contributed by atoms with Gasteiger partial charge in [0.05, 0.1) is 0 Å². The zero-order valence-electron chi connectivity index (χ0n) is 11.4. The molecule has 0 spiro atoms. The second-order valence-corrected chi connectivity index (χ2v) is 7.52. The van der Waals surface area contributed by atoms with Gasteiger partial charge in [-0.25, -0.2) is 0 Å². The number of piperidine rings is 1. The molecule has 0 N–H and O–H groups in total. The van der Waals surface area contributed by atoms with Crippen LogP contribution in [0.4, 0.5) is 0 Å². The SMILES string of the molecule is BrCCC1CCCCN1CC1CSc2ccccc21. The van der Waals surface area contributed by atoms with Gasteiger partial charge in [0.1, 0.15) is 0 Å². The zero-order chi connectivity index (χ0) is 13.1. The van der Waals surface area contributed by atoms with E-state index in [4.69, 9.17) is 0 Å². The van der Waals surface area contributed by atoms with Crippen LogP contribution in [0.5, 0.6) is 0 Å². The number of hydrogen-bond donors (Lipinski definition) is 0. The number of rotatable bonds is 4. The molecular weight excluding hydrogens is 318 g/mol. The van der Waals surface area contributed by atoms with Gasteiger partial charge in [-0.05, 0) is 37.4 Å². The van der Waals surface area contributed by atoms with Gasteiger partial charge in [-0.15, -0.1) is 11.8 Å². The van der Waals surface area contributed by atoms with Crippen LogP contribution in [-0.4, -0.2) is 35.1 Å². The lowest BCUT2D eigenvalue weighted by molar-refractivity contribution is 0.139. The van der Waals surface area contributed by atoms with Gasteiger partial charge in [-0.2, -0.15) is 0 Å². The molecule has 0 bridgehead atoms. The Bertz CT molecular complexity index is 421. The van der Waals surface area contributed by atoms with E-state index in [0.29, 0.717) is 0 Å². The van der Waals surface area contributed by atoms with E-state index in [0.717, 1.165) is 17.3 Å². The molecule has 2 unspecified atom stereocenters. The average Bonchev–Trinajstić information content (AvgIpc) is 2.85. The first kappa shape index (κ1) is 14.0. The maximum atomic E-state index is 3.62. The van der Waals surface area contributed by atoms with Crippen LogP contribution in [0, 0.1) is 0 Å². The van der Waals surface area contributed by atoms with Crippen LogP contribution in [-0.2, 0) is 0 Å². The molecule has 19 heavy (non-hydrogen) atoms. The first-order chi connectivity index (χ1) is 9.38. The number of hydrogen-bond acceptors (Lipinski definition) is 2. The molecule has 2 heterocycles. The monoisotopic (exact) mass is 339 g/mol. The number of alkyl halides is 1. The molecule has 0 aromatic heterocycles. The summed E-state index contributed by atoms with van der Waals surface area (Å²) in [6.45, 7) is 2.57. The first-order valence-corrected chi connectivity index (χ1v) is 9.51. The van der Waals surface area contributed by atoms with Crippen LogP contribution in [0.2, 0.25) is 0 Å². The summed E-state index contributed by atoms with van der Waals surface area (Å²) in [6.07, 6.45) is 5.51. The molecule has 0 amide bonds. The summed E-state index contributed by atoms with van der Waals surface area (Å²) in [7, 11) is 0. The van der Waals surface area contributed by atoms with E-state index in [-0.39, 0.29) is 0 Å². The predicted molar refractivity (Wildman–Crippen MR) is 87.5 cm³/mol.